The molecule has 1 aliphatic carbocycles. The normalized spacial score (nSPS) is 17.6. The lowest BCUT2D eigenvalue weighted by molar-refractivity contribution is -0.166. The number of benzene rings is 1. The van der Waals surface area contributed by atoms with Gasteiger partial charge in [-0.3, -0.25) is 4.79 Å². The molecule has 0 heterocycles. The second kappa shape index (κ2) is 10.4. The van der Waals surface area contributed by atoms with Crippen molar-refractivity contribution in [2.24, 2.45) is 5.41 Å². The van der Waals surface area contributed by atoms with Crippen molar-refractivity contribution in [3.63, 3.8) is 0 Å². The highest BCUT2D eigenvalue weighted by atomic mass is 16.6. The average Bonchev–Trinajstić information content (AvgIpc) is 2.69. The first-order valence-electron chi connectivity index (χ1n) is 10.4. The molecule has 2 rings (SSSR count). The van der Waals surface area contributed by atoms with Gasteiger partial charge in [-0.2, -0.15) is 0 Å². The zero-order valence-electron chi connectivity index (χ0n) is 18.4. The lowest BCUT2D eigenvalue weighted by Crippen LogP contribution is -2.21. The van der Waals surface area contributed by atoms with Crippen LogP contribution in [-0.2, 0) is 19.1 Å². The lowest BCUT2D eigenvalue weighted by atomic mass is 9.71. The van der Waals surface area contributed by atoms with Crippen LogP contribution >= 0.6 is 0 Å². The maximum atomic E-state index is 12.3. The van der Waals surface area contributed by atoms with Crippen molar-refractivity contribution in [1.82, 2.24) is 0 Å². The van der Waals surface area contributed by atoms with Gasteiger partial charge in [-0.1, -0.05) is 67.0 Å². The van der Waals surface area contributed by atoms with Crippen LogP contribution in [0, 0.1) is 5.41 Å². The van der Waals surface area contributed by atoms with Gasteiger partial charge < -0.3 is 9.47 Å². The smallest absolute Gasteiger partial charge is 0.351 e. The number of esters is 2. The maximum Gasteiger partial charge on any atom is 0.351 e. The predicted octanol–water partition coefficient (Wildman–Crippen LogP) is 6.09. The van der Waals surface area contributed by atoms with Gasteiger partial charge in [0.2, 0.25) is 6.10 Å². The molecule has 1 aromatic carbocycles. The van der Waals surface area contributed by atoms with Gasteiger partial charge in [-0.15, -0.1) is 0 Å². The third kappa shape index (κ3) is 6.59. The molecule has 0 aliphatic heterocycles. The summed E-state index contributed by atoms with van der Waals surface area (Å²) in [5.74, 6) is -1.01. The molecule has 0 bridgehead atoms. The van der Waals surface area contributed by atoms with Crippen molar-refractivity contribution in [2.75, 3.05) is 7.11 Å². The first-order chi connectivity index (χ1) is 13.7. The molecule has 0 unspecified atom stereocenters. The van der Waals surface area contributed by atoms with E-state index < -0.39 is 18.0 Å². The minimum atomic E-state index is -1.03. The molecule has 0 aromatic heterocycles. The molecule has 4 heteroatoms. The van der Waals surface area contributed by atoms with Crippen LogP contribution in [0.2, 0.25) is 0 Å². The Kier molecular flexibility index (Phi) is 8.24. The van der Waals surface area contributed by atoms with E-state index in [4.69, 9.17) is 9.47 Å². The lowest BCUT2D eigenvalue weighted by Gasteiger charge is -2.34. The number of carbonyl (C=O) groups excluding carboxylic acids is 2. The molecule has 4 nitrogen and oxygen atoms in total. The number of allylic oxidation sites excluding steroid dienone is 3. The Morgan fingerprint density at radius 2 is 1.90 bits per heavy atom. The van der Waals surface area contributed by atoms with Gasteiger partial charge in [0.1, 0.15) is 0 Å². The molecule has 1 aromatic rings. The number of rotatable bonds is 8. The van der Waals surface area contributed by atoms with Crippen LogP contribution < -0.4 is 0 Å². The quantitative estimate of drug-likeness (QED) is 0.393. The molecule has 0 amide bonds. The Bertz CT molecular complexity index is 771. The largest absolute Gasteiger partial charge is 0.466 e. The van der Waals surface area contributed by atoms with Crippen molar-refractivity contribution in [3.05, 3.63) is 58.7 Å². The summed E-state index contributed by atoms with van der Waals surface area (Å²) in [5.41, 5.74) is 5.13. The van der Waals surface area contributed by atoms with Gasteiger partial charge in [-0.25, -0.2) is 4.79 Å². The number of hydrogen-bond acceptors (Lipinski definition) is 4. The SMILES string of the molecule is COC(=O)[C@@H](OC(=O)CC=C(C)CCC1=C(C)CCCC1(C)C)c1ccccc1. The monoisotopic (exact) mass is 398 g/mol. The van der Waals surface area contributed by atoms with Crippen LogP contribution in [0.4, 0.5) is 0 Å². The summed E-state index contributed by atoms with van der Waals surface area (Å²) in [4.78, 5) is 24.4. The minimum Gasteiger partial charge on any atom is -0.466 e. The van der Waals surface area contributed by atoms with E-state index in [9.17, 15) is 9.59 Å². The fourth-order valence-corrected chi connectivity index (χ4v) is 4.08. The van der Waals surface area contributed by atoms with Gasteiger partial charge in [0.25, 0.3) is 0 Å². The van der Waals surface area contributed by atoms with Crippen molar-refractivity contribution in [2.45, 2.75) is 72.3 Å². The third-order valence-corrected chi connectivity index (χ3v) is 5.84. The van der Waals surface area contributed by atoms with E-state index in [0.29, 0.717) is 5.56 Å². The standard InChI is InChI=1S/C25H34O4/c1-18(13-15-21-19(2)10-9-17-25(21,3)4)14-16-22(26)29-23(24(27)28-5)20-11-7-6-8-12-20/h6-8,11-12,14,23H,9-10,13,15-17H2,1-5H3/t23-/m0/s1. The number of ether oxygens (including phenoxy) is 2. The van der Waals surface area contributed by atoms with Crippen molar-refractivity contribution in [1.29, 1.82) is 0 Å². The van der Waals surface area contributed by atoms with Crippen LogP contribution in [0.3, 0.4) is 0 Å². The van der Waals surface area contributed by atoms with E-state index in [0.717, 1.165) is 18.4 Å². The Balaban J connectivity index is 1.94. The summed E-state index contributed by atoms with van der Waals surface area (Å²) < 4.78 is 10.2. The van der Waals surface area contributed by atoms with E-state index in [-0.39, 0.29) is 11.8 Å². The average molecular weight is 399 g/mol. The van der Waals surface area contributed by atoms with Crippen LogP contribution in [0.25, 0.3) is 0 Å². The van der Waals surface area contributed by atoms with Crippen LogP contribution in [0.5, 0.6) is 0 Å². The summed E-state index contributed by atoms with van der Waals surface area (Å²) in [6.07, 6.45) is 6.70. The van der Waals surface area contributed by atoms with Gasteiger partial charge in [0.15, 0.2) is 0 Å². The molecule has 0 radical (unpaired) electrons. The summed E-state index contributed by atoms with van der Waals surface area (Å²) >= 11 is 0. The molecule has 0 saturated heterocycles. The summed E-state index contributed by atoms with van der Waals surface area (Å²) in [7, 11) is 1.29. The topological polar surface area (TPSA) is 52.6 Å². The zero-order chi connectivity index (χ0) is 21.4. The Morgan fingerprint density at radius 3 is 2.52 bits per heavy atom. The second-order valence-corrected chi connectivity index (χ2v) is 8.55. The van der Waals surface area contributed by atoms with Gasteiger partial charge in [-0.05, 0) is 51.4 Å². The molecular weight excluding hydrogens is 364 g/mol. The van der Waals surface area contributed by atoms with Gasteiger partial charge in [0, 0.05) is 5.56 Å². The molecule has 0 N–H and O–H groups in total. The van der Waals surface area contributed by atoms with E-state index in [1.54, 1.807) is 29.8 Å². The third-order valence-electron chi connectivity index (χ3n) is 5.84. The highest BCUT2D eigenvalue weighted by molar-refractivity contribution is 5.81. The highest BCUT2D eigenvalue weighted by Crippen LogP contribution is 2.42. The molecule has 158 valence electrons. The highest BCUT2D eigenvalue weighted by Gasteiger charge is 2.28. The van der Waals surface area contributed by atoms with E-state index >= 15 is 0 Å². The van der Waals surface area contributed by atoms with Gasteiger partial charge >= 0.3 is 11.9 Å². The fraction of sp³-hybridized carbons (Fsp3) is 0.520. The van der Waals surface area contributed by atoms with E-state index in [1.807, 2.05) is 19.1 Å². The maximum absolute atomic E-state index is 12.3. The molecule has 1 atom stereocenters. The summed E-state index contributed by atoms with van der Waals surface area (Å²) in [6.45, 7) is 8.97. The Hall–Kier alpha value is -2.36. The summed E-state index contributed by atoms with van der Waals surface area (Å²) in [5, 5.41) is 0. The molecule has 29 heavy (non-hydrogen) atoms. The van der Waals surface area contributed by atoms with E-state index in [2.05, 4.69) is 20.8 Å². The first-order valence-corrected chi connectivity index (χ1v) is 10.4. The van der Waals surface area contributed by atoms with Crippen LogP contribution in [0.15, 0.2) is 53.1 Å². The van der Waals surface area contributed by atoms with Crippen molar-refractivity contribution < 1.29 is 19.1 Å². The molecule has 0 fully saturated rings. The minimum absolute atomic E-state index is 0.146. The number of methoxy groups -OCH3 is 1. The van der Waals surface area contributed by atoms with Crippen LogP contribution in [0.1, 0.15) is 77.9 Å². The van der Waals surface area contributed by atoms with Crippen LogP contribution in [-0.4, -0.2) is 19.0 Å². The number of hydrogen-bond donors (Lipinski definition) is 0. The Morgan fingerprint density at radius 1 is 1.21 bits per heavy atom. The first kappa shape index (κ1) is 22.9. The summed E-state index contributed by atoms with van der Waals surface area (Å²) in [6, 6.07) is 8.94. The molecule has 0 spiro atoms. The zero-order valence-corrected chi connectivity index (χ0v) is 18.4. The molecular formula is C25H34O4. The van der Waals surface area contributed by atoms with Crippen molar-refractivity contribution in [3.8, 4) is 0 Å². The van der Waals surface area contributed by atoms with E-state index in [1.165, 1.54) is 31.9 Å². The number of carbonyl (C=O) groups is 2. The fourth-order valence-electron chi connectivity index (χ4n) is 4.08. The van der Waals surface area contributed by atoms with Crippen molar-refractivity contribution >= 4 is 11.9 Å². The second-order valence-electron chi connectivity index (χ2n) is 8.55. The molecule has 1 aliphatic rings. The predicted molar refractivity (Wildman–Crippen MR) is 115 cm³/mol. The molecule has 0 saturated carbocycles. The van der Waals surface area contributed by atoms with Gasteiger partial charge in [0.05, 0.1) is 13.5 Å². The Labute approximate surface area is 175 Å².